The van der Waals surface area contributed by atoms with Crippen molar-refractivity contribution in [2.75, 3.05) is 33.1 Å². The van der Waals surface area contributed by atoms with E-state index in [0.29, 0.717) is 29.3 Å². The highest BCUT2D eigenvalue weighted by molar-refractivity contribution is 6.31. The number of carbonyl (C=O) groups is 2. The van der Waals surface area contributed by atoms with E-state index in [4.69, 9.17) is 16.3 Å². The summed E-state index contributed by atoms with van der Waals surface area (Å²) >= 11 is 6.52. The van der Waals surface area contributed by atoms with Gasteiger partial charge in [0.2, 0.25) is 5.91 Å². The molecular formula is C23H26ClN3O3. The summed E-state index contributed by atoms with van der Waals surface area (Å²) in [5, 5.41) is 3.63. The number of para-hydroxylation sites is 1. The van der Waals surface area contributed by atoms with Gasteiger partial charge in [-0.2, -0.15) is 0 Å². The van der Waals surface area contributed by atoms with Gasteiger partial charge in [0.25, 0.3) is 5.91 Å². The first-order chi connectivity index (χ1) is 14.3. The molecule has 1 fully saturated rings. The van der Waals surface area contributed by atoms with E-state index in [1.807, 2.05) is 48.2 Å². The lowest BCUT2D eigenvalue weighted by atomic mass is 9.80. The fraction of sp³-hybridized carbons (Fsp3) is 0.391. The maximum Gasteiger partial charge on any atom is 0.254 e. The number of aryl methyl sites for hydroxylation is 1. The molecule has 2 heterocycles. The smallest absolute Gasteiger partial charge is 0.254 e. The van der Waals surface area contributed by atoms with Crippen LogP contribution in [0, 0.1) is 6.92 Å². The highest BCUT2D eigenvalue weighted by Gasteiger charge is 2.58. The maximum absolute atomic E-state index is 13.8. The van der Waals surface area contributed by atoms with Gasteiger partial charge in [0.05, 0.1) is 13.2 Å². The van der Waals surface area contributed by atoms with Crippen molar-refractivity contribution in [2.45, 2.75) is 31.3 Å². The average Bonchev–Trinajstić information content (AvgIpc) is 3.30. The van der Waals surface area contributed by atoms with Crippen molar-refractivity contribution < 1.29 is 14.3 Å². The zero-order chi connectivity index (χ0) is 21.6. The van der Waals surface area contributed by atoms with Crippen LogP contribution in [-0.4, -0.2) is 55.4 Å². The van der Waals surface area contributed by atoms with Crippen molar-refractivity contribution in [1.82, 2.24) is 9.80 Å². The number of hydrogen-bond donors (Lipinski definition) is 1. The van der Waals surface area contributed by atoms with Gasteiger partial charge in [0.15, 0.2) is 5.54 Å². The summed E-state index contributed by atoms with van der Waals surface area (Å²) in [7, 11) is 5.09. The lowest BCUT2D eigenvalue weighted by molar-refractivity contribution is -0.138. The molecule has 2 aromatic carbocycles. The van der Waals surface area contributed by atoms with Crippen LogP contribution in [0.25, 0.3) is 0 Å². The molecular weight excluding hydrogens is 402 g/mol. The second-order valence-electron chi connectivity index (χ2n) is 8.10. The minimum Gasteiger partial charge on any atom is -0.496 e. The third-order valence-electron chi connectivity index (χ3n) is 6.17. The van der Waals surface area contributed by atoms with Crippen LogP contribution in [0.1, 0.15) is 29.5 Å². The molecule has 0 aliphatic carbocycles. The molecule has 2 aromatic rings. The van der Waals surface area contributed by atoms with Crippen LogP contribution in [0.4, 0.5) is 5.69 Å². The van der Waals surface area contributed by atoms with Gasteiger partial charge >= 0.3 is 0 Å². The van der Waals surface area contributed by atoms with E-state index < -0.39 is 11.6 Å². The van der Waals surface area contributed by atoms with E-state index in [9.17, 15) is 9.59 Å². The third kappa shape index (κ3) is 2.89. The number of carbonyl (C=O) groups excluding carboxylic acids is 2. The molecule has 0 bridgehead atoms. The van der Waals surface area contributed by atoms with Gasteiger partial charge in [0.1, 0.15) is 5.75 Å². The Balaban J connectivity index is 2.03. The molecule has 0 spiro atoms. The number of methoxy groups -OCH3 is 1. The first-order valence-corrected chi connectivity index (χ1v) is 10.4. The highest BCUT2D eigenvalue weighted by atomic mass is 35.5. The lowest BCUT2D eigenvalue weighted by Crippen LogP contribution is -2.57. The Kier molecular flexibility index (Phi) is 5.24. The van der Waals surface area contributed by atoms with Crippen LogP contribution in [0.15, 0.2) is 36.4 Å². The largest absolute Gasteiger partial charge is 0.496 e. The Hall–Kier alpha value is -2.57. The number of likely N-dealkylation sites (N-methyl/N-ethyl adjacent to an activating group) is 1. The Morgan fingerprint density at radius 3 is 2.70 bits per heavy atom. The molecule has 2 aliphatic heterocycles. The van der Waals surface area contributed by atoms with Crippen molar-refractivity contribution in [3.8, 4) is 5.75 Å². The maximum atomic E-state index is 13.8. The van der Waals surface area contributed by atoms with Crippen molar-refractivity contribution in [3.05, 3.63) is 58.1 Å². The zero-order valence-corrected chi connectivity index (χ0v) is 18.4. The fourth-order valence-electron chi connectivity index (χ4n) is 4.79. The van der Waals surface area contributed by atoms with E-state index in [-0.39, 0.29) is 11.8 Å². The van der Waals surface area contributed by atoms with Gasteiger partial charge in [-0.1, -0.05) is 29.8 Å². The molecule has 0 radical (unpaired) electrons. The number of rotatable bonds is 4. The van der Waals surface area contributed by atoms with Gasteiger partial charge in [-0.3, -0.25) is 14.5 Å². The number of likely N-dealkylation sites (tertiary alicyclic amines) is 1. The summed E-state index contributed by atoms with van der Waals surface area (Å²) in [6, 6.07) is 10.8. The standard InChI is InChI=1S/C23H26ClN3O3/c1-14-12-18-16(13-17(14)24)23(22(29)25-18,15-8-5-6-10-20(15)30-4)27-11-7-9-19(27)21(28)26(2)3/h5-6,8,10,12-13,19H,7,9,11H2,1-4H3,(H,25,29). The molecule has 1 N–H and O–H groups in total. The minimum atomic E-state index is -1.20. The van der Waals surface area contributed by atoms with Crippen LogP contribution >= 0.6 is 11.6 Å². The molecule has 30 heavy (non-hydrogen) atoms. The van der Waals surface area contributed by atoms with Crippen molar-refractivity contribution >= 4 is 29.1 Å². The normalized spacial score (nSPS) is 23.2. The number of nitrogens with one attached hydrogen (secondary N) is 1. The molecule has 0 aromatic heterocycles. The minimum absolute atomic E-state index is 0.0127. The summed E-state index contributed by atoms with van der Waals surface area (Å²) in [5.74, 6) is 0.392. The third-order valence-corrected chi connectivity index (χ3v) is 6.58. The number of fused-ring (bicyclic) bond motifs is 1. The number of hydrogen-bond acceptors (Lipinski definition) is 4. The summed E-state index contributed by atoms with van der Waals surface area (Å²) in [6.07, 6.45) is 1.51. The quantitative estimate of drug-likeness (QED) is 0.812. The van der Waals surface area contributed by atoms with E-state index in [2.05, 4.69) is 5.32 Å². The molecule has 0 saturated carbocycles. The second-order valence-corrected chi connectivity index (χ2v) is 8.50. The topological polar surface area (TPSA) is 61.9 Å². The van der Waals surface area contributed by atoms with Crippen molar-refractivity contribution in [2.24, 2.45) is 0 Å². The summed E-state index contributed by atoms with van der Waals surface area (Å²) in [4.78, 5) is 30.5. The molecule has 2 aliphatic rings. The summed E-state index contributed by atoms with van der Waals surface area (Å²) in [6.45, 7) is 2.52. The monoisotopic (exact) mass is 427 g/mol. The van der Waals surface area contributed by atoms with E-state index in [0.717, 1.165) is 23.2 Å². The lowest BCUT2D eigenvalue weighted by Gasteiger charge is -2.41. The van der Waals surface area contributed by atoms with Crippen LogP contribution in [0.3, 0.4) is 0 Å². The van der Waals surface area contributed by atoms with Crippen molar-refractivity contribution in [1.29, 1.82) is 0 Å². The number of benzene rings is 2. The van der Waals surface area contributed by atoms with Gasteiger partial charge in [0, 0.05) is 42.5 Å². The zero-order valence-electron chi connectivity index (χ0n) is 17.7. The molecule has 2 atom stereocenters. The molecule has 158 valence electrons. The number of halogens is 1. The van der Waals surface area contributed by atoms with E-state index >= 15 is 0 Å². The van der Waals surface area contributed by atoms with Crippen molar-refractivity contribution in [3.63, 3.8) is 0 Å². The van der Waals surface area contributed by atoms with Gasteiger partial charge in [-0.25, -0.2) is 0 Å². The Morgan fingerprint density at radius 1 is 1.27 bits per heavy atom. The first kappa shape index (κ1) is 20.7. The van der Waals surface area contributed by atoms with Gasteiger partial charge in [-0.15, -0.1) is 0 Å². The average molecular weight is 428 g/mol. The van der Waals surface area contributed by atoms with Crippen LogP contribution in [0.5, 0.6) is 5.75 Å². The van der Waals surface area contributed by atoms with E-state index in [1.165, 1.54) is 0 Å². The number of ether oxygens (including phenoxy) is 1. The molecule has 2 amide bonds. The Morgan fingerprint density at radius 2 is 2.00 bits per heavy atom. The van der Waals surface area contributed by atoms with Gasteiger partial charge < -0.3 is 15.0 Å². The van der Waals surface area contributed by atoms with Crippen LogP contribution < -0.4 is 10.1 Å². The Labute approximate surface area is 181 Å². The number of nitrogens with zero attached hydrogens (tertiary/aromatic N) is 2. The predicted molar refractivity (Wildman–Crippen MR) is 117 cm³/mol. The predicted octanol–water partition coefficient (Wildman–Crippen LogP) is 3.41. The molecule has 7 heteroatoms. The van der Waals surface area contributed by atoms with E-state index in [1.54, 1.807) is 26.1 Å². The SMILES string of the molecule is COc1ccccc1C1(N2CCCC2C(=O)N(C)C)C(=O)Nc2cc(C)c(Cl)cc21. The molecule has 1 saturated heterocycles. The highest BCUT2D eigenvalue weighted by Crippen LogP contribution is 2.51. The number of amides is 2. The Bertz CT molecular complexity index is 1020. The summed E-state index contributed by atoms with van der Waals surface area (Å²) < 4.78 is 5.67. The van der Waals surface area contributed by atoms with Gasteiger partial charge in [-0.05, 0) is 43.5 Å². The summed E-state index contributed by atoms with van der Waals surface area (Å²) in [5.41, 5.74) is 1.87. The molecule has 4 rings (SSSR count). The second kappa shape index (κ2) is 7.60. The van der Waals surface area contributed by atoms with Crippen LogP contribution in [0.2, 0.25) is 5.02 Å². The van der Waals surface area contributed by atoms with Crippen LogP contribution in [-0.2, 0) is 15.1 Å². The first-order valence-electron chi connectivity index (χ1n) is 10.1. The molecule has 6 nitrogen and oxygen atoms in total. The fourth-order valence-corrected chi connectivity index (χ4v) is 4.96. The molecule has 2 unspecified atom stereocenters. The number of anilines is 1.